The molecule has 4 aromatic rings. The van der Waals surface area contributed by atoms with Crippen LogP contribution in [0.25, 0.3) is 17.1 Å². The summed E-state index contributed by atoms with van der Waals surface area (Å²) < 4.78 is 27.7. The number of nitrogens with one attached hydrogen (secondary N) is 2. The number of hydrogen-bond donors (Lipinski definition) is 2. The van der Waals surface area contributed by atoms with Crippen LogP contribution in [0.2, 0.25) is 0 Å². The van der Waals surface area contributed by atoms with Gasteiger partial charge in [-0.3, -0.25) is 14.5 Å². The summed E-state index contributed by atoms with van der Waals surface area (Å²) in [6.07, 6.45) is 4.45. The number of nitrogens with zero attached hydrogens (tertiary/aromatic N) is 2. The molecule has 7 nitrogen and oxygen atoms in total. The molecule has 2 aromatic heterocycles. The lowest BCUT2D eigenvalue weighted by molar-refractivity contribution is -0.111. The highest BCUT2D eigenvalue weighted by Crippen LogP contribution is 2.26. The maximum Gasteiger partial charge on any atom is 0.271 e. The van der Waals surface area contributed by atoms with Crippen molar-refractivity contribution < 1.29 is 13.2 Å². The quantitative estimate of drug-likeness (QED) is 0.442. The molecule has 2 aromatic carbocycles. The number of para-hydroxylation sites is 4. The molecule has 1 amide bonds. The van der Waals surface area contributed by atoms with Gasteiger partial charge in [0, 0.05) is 6.08 Å². The van der Waals surface area contributed by atoms with E-state index >= 15 is 0 Å². The number of carbonyl (C=O) groups excluding carboxylic acids is 1. The van der Waals surface area contributed by atoms with Crippen LogP contribution in [0.15, 0.2) is 82.5 Å². The number of amides is 1. The van der Waals surface area contributed by atoms with Gasteiger partial charge in [-0.05, 0) is 41.8 Å². The maximum absolute atomic E-state index is 12.5. The zero-order valence-electron chi connectivity index (χ0n) is 15.5. The Hall–Kier alpha value is -3.56. The third-order valence-electron chi connectivity index (χ3n) is 4.06. The number of carbonyl (C=O) groups is 1. The molecule has 0 saturated carbocycles. The van der Waals surface area contributed by atoms with Crippen molar-refractivity contribution >= 4 is 55.8 Å². The van der Waals surface area contributed by atoms with Crippen molar-refractivity contribution in [3.05, 3.63) is 84.0 Å². The third kappa shape index (κ3) is 4.53. The second-order valence-corrected chi connectivity index (χ2v) is 9.05. The summed E-state index contributed by atoms with van der Waals surface area (Å²) in [4.78, 5) is 21.1. The fraction of sp³-hybridized carbons (Fsp3) is 0. The largest absolute Gasteiger partial charge is 0.321 e. The summed E-state index contributed by atoms with van der Waals surface area (Å²) in [6.45, 7) is 0. The van der Waals surface area contributed by atoms with Gasteiger partial charge in [0.1, 0.15) is 4.21 Å². The number of fused-ring (bicyclic) bond motifs is 1. The zero-order chi connectivity index (χ0) is 21.0. The van der Waals surface area contributed by atoms with Crippen molar-refractivity contribution in [3.8, 4) is 0 Å². The molecule has 0 aliphatic carbocycles. The first kappa shape index (κ1) is 19.7. The van der Waals surface area contributed by atoms with Gasteiger partial charge in [-0.25, -0.2) is 13.4 Å². The van der Waals surface area contributed by atoms with Gasteiger partial charge in [0.25, 0.3) is 10.0 Å². The SMILES string of the molecule is O=C(/C=C/c1cnc2ccccc2n1)Nc1ccccc1NS(=O)(=O)c1cccs1. The lowest BCUT2D eigenvalue weighted by Crippen LogP contribution is -2.15. The maximum atomic E-state index is 12.5. The molecule has 150 valence electrons. The van der Waals surface area contributed by atoms with Gasteiger partial charge in [-0.15, -0.1) is 11.3 Å². The van der Waals surface area contributed by atoms with Crippen LogP contribution in [-0.4, -0.2) is 24.3 Å². The Morgan fingerprint density at radius 2 is 1.67 bits per heavy atom. The molecular formula is C21H16N4O3S2. The lowest BCUT2D eigenvalue weighted by atomic mass is 10.2. The van der Waals surface area contributed by atoms with E-state index in [-0.39, 0.29) is 9.90 Å². The van der Waals surface area contributed by atoms with Crippen molar-refractivity contribution in [2.45, 2.75) is 4.21 Å². The van der Waals surface area contributed by atoms with Crippen LogP contribution >= 0.6 is 11.3 Å². The molecule has 0 radical (unpaired) electrons. The number of sulfonamides is 1. The molecule has 4 rings (SSSR count). The van der Waals surface area contributed by atoms with E-state index in [0.29, 0.717) is 11.4 Å². The molecule has 0 fully saturated rings. The van der Waals surface area contributed by atoms with Gasteiger partial charge >= 0.3 is 0 Å². The van der Waals surface area contributed by atoms with E-state index in [0.717, 1.165) is 22.4 Å². The number of anilines is 2. The molecular weight excluding hydrogens is 420 g/mol. The van der Waals surface area contributed by atoms with Crippen LogP contribution in [0.3, 0.4) is 0 Å². The number of benzene rings is 2. The highest BCUT2D eigenvalue weighted by molar-refractivity contribution is 7.94. The average Bonchev–Trinajstić information content (AvgIpc) is 3.29. The van der Waals surface area contributed by atoms with E-state index in [2.05, 4.69) is 20.0 Å². The van der Waals surface area contributed by atoms with Crippen molar-refractivity contribution in [1.29, 1.82) is 0 Å². The molecule has 0 aliphatic heterocycles. The van der Waals surface area contributed by atoms with Gasteiger partial charge in [0.15, 0.2) is 0 Å². The van der Waals surface area contributed by atoms with Crippen molar-refractivity contribution in [2.75, 3.05) is 10.0 Å². The molecule has 0 saturated heterocycles. The first-order chi connectivity index (χ1) is 14.5. The standard InChI is InChI=1S/C21H16N4O3S2/c26-20(12-11-15-14-22-16-6-1-2-7-17(16)23-15)24-18-8-3-4-9-19(18)25-30(27,28)21-10-5-13-29-21/h1-14,25H,(H,24,26)/b12-11+. The van der Waals surface area contributed by atoms with Gasteiger partial charge < -0.3 is 5.32 Å². The van der Waals surface area contributed by atoms with Crippen LogP contribution in [0, 0.1) is 0 Å². The molecule has 0 unspecified atom stereocenters. The molecule has 2 heterocycles. The molecule has 9 heteroatoms. The molecule has 0 bridgehead atoms. The van der Waals surface area contributed by atoms with Gasteiger partial charge in [-0.2, -0.15) is 0 Å². The highest BCUT2D eigenvalue weighted by Gasteiger charge is 2.17. The Morgan fingerprint density at radius 3 is 2.43 bits per heavy atom. The summed E-state index contributed by atoms with van der Waals surface area (Å²) in [6, 6.07) is 17.2. The fourth-order valence-electron chi connectivity index (χ4n) is 2.68. The predicted octanol–water partition coefficient (Wildman–Crippen LogP) is 4.14. The zero-order valence-corrected chi connectivity index (χ0v) is 17.2. The van der Waals surface area contributed by atoms with Gasteiger partial charge in [0.2, 0.25) is 5.91 Å². The molecule has 30 heavy (non-hydrogen) atoms. The van der Waals surface area contributed by atoms with E-state index in [1.807, 2.05) is 24.3 Å². The van der Waals surface area contributed by atoms with Crippen LogP contribution in [0.1, 0.15) is 5.69 Å². The topological polar surface area (TPSA) is 101 Å². The molecule has 0 atom stereocenters. The van der Waals surface area contributed by atoms with Crippen molar-refractivity contribution in [2.24, 2.45) is 0 Å². The van der Waals surface area contributed by atoms with E-state index in [4.69, 9.17) is 0 Å². The van der Waals surface area contributed by atoms with Crippen molar-refractivity contribution in [3.63, 3.8) is 0 Å². The predicted molar refractivity (Wildman–Crippen MR) is 119 cm³/mol. The Labute approximate surface area is 177 Å². The van der Waals surface area contributed by atoms with Crippen LogP contribution in [-0.2, 0) is 14.8 Å². The molecule has 0 aliphatic rings. The second kappa shape index (κ2) is 8.44. The number of hydrogen-bond acceptors (Lipinski definition) is 6. The summed E-state index contributed by atoms with van der Waals surface area (Å²) in [5.41, 5.74) is 2.66. The van der Waals surface area contributed by atoms with Gasteiger partial charge in [-0.1, -0.05) is 30.3 Å². The van der Waals surface area contributed by atoms with E-state index in [1.54, 1.807) is 48.0 Å². The smallest absolute Gasteiger partial charge is 0.271 e. The summed E-state index contributed by atoms with van der Waals surface area (Å²) >= 11 is 1.11. The van der Waals surface area contributed by atoms with Crippen molar-refractivity contribution in [1.82, 2.24) is 9.97 Å². The third-order valence-corrected chi connectivity index (χ3v) is 6.82. The number of thiophene rings is 1. The minimum Gasteiger partial charge on any atom is -0.321 e. The first-order valence-electron chi connectivity index (χ1n) is 8.87. The monoisotopic (exact) mass is 436 g/mol. The summed E-state index contributed by atoms with van der Waals surface area (Å²) in [5, 5.41) is 4.37. The summed E-state index contributed by atoms with van der Waals surface area (Å²) in [5.74, 6) is -0.423. The highest BCUT2D eigenvalue weighted by atomic mass is 32.2. The molecule has 0 spiro atoms. The Morgan fingerprint density at radius 1 is 0.933 bits per heavy atom. The second-order valence-electron chi connectivity index (χ2n) is 6.19. The Balaban J connectivity index is 1.50. The fourth-order valence-corrected chi connectivity index (χ4v) is 4.75. The first-order valence-corrected chi connectivity index (χ1v) is 11.2. The minimum atomic E-state index is -3.72. The minimum absolute atomic E-state index is 0.193. The Bertz CT molecular complexity index is 1330. The van der Waals surface area contributed by atoms with E-state index in [1.165, 1.54) is 12.1 Å². The average molecular weight is 437 g/mol. The normalized spacial score (nSPS) is 11.6. The van der Waals surface area contributed by atoms with E-state index < -0.39 is 15.9 Å². The molecule has 2 N–H and O–H groups in total. The van der Waals surface area contributed by atoms with Gasteiger partial charge in [0.05, 0.1) is 34.3 Å². The van der Waals surface area contributed by atoms with Crippen LogP contribution in [0.5, 0.6) is 0 Å². The Kier molecular flexibility index (Phi) is 5.55. The van der Waals surface area contributed by atoms with Crippen LogP contribution < -0.4 is 10.0 Å². The number of rotatable bonds is 6. The number of aromatic nitrogens is 2. The summed E-state index contributed by atoms with van der Waals surface area (Å²) in [7, 11) is -3.72. The van der Waals surface area contributed by atoms with E-state index in [9.17, 15) is 13.2 Å². The lowest BCUT2D eigenvalue weighted by Gasteiger charge is -2.11. The van der Waals surface area contributed by atoms with Crippen LogP contribution in [0.4, 0.5) is 11.4 Å².